The standard InChI is InChI=1S/C25H25ClN4O3S/c1-3-30(4-2)34(32,33)19-13-14-21(26)20(15-19)25(31)27-16-17-9-11-18(12-10-17)24-28-22-7-5-6-8-23(22)29-24/h5-15H,3-4,16H2,1-2H3,(H,27,31)(H,28,29). The third-order valence-corrected chi connectivity index (χ3v) is 7.97. The number of hydrogen-bond donors (Lipinski definition) is 2. The molecule has 0 aliphatic carbocycles. The Morgan fingerprint density at radius 1 is 1.03 bits per heavy atom. The number of hydrogen-bond acceptors (Lipinski definition) is 4. The second kappa shape index (κ2) is 9.97. The molecule has 1 heterocycles. The molecule has 3 aromatic carbocycles. The first-order valence-electron chi connectivity index (χ1n) is 11.0. The predicted octanol–water partition coefficient (Wildman–Crippen LogP) is 4.84. The van der Waals surface area contributed by atoms with Crippen LogP contribution in [0.2, 0.25) is 5.02 Å². The number of nitrogens with one attached hydrogen (secondary N) is 2. The van der Waals surface area contributed by atoms with Gasteiger partial charge in [-0.3, -0.25) is 4.79 Å². The van der Waals surface area contributed by atoms with E-state index in [1.807, 2.05) is 48.5 Å². The van der Waals surface area contributed by atoms with Crippen LogP contribution in [0, 0.1) is 0 Å². The summed E-state index contributed by atoms with van der Waals surface area (Å²) in [5, 5.41) is 3.01. The van der Waals surface area contributed by atoms with Gasteiger partial charge in [0.25, 0.3) is 5.91 Å². The summed E-state index contributed by atoms with van der Waals surface area (Å²) in [5.41, 5.74) is 3.81. The van der Waals surface area contributed by atoms with E-state index in [2.05, 4.69) is 15.3 Å². The van der Waals surface area contributed by atoms with E-state index in [4.69, 9.17) is 11.6 Å². The monoisotopic (exact) mass is 496 g/mol. The SMILES string of the molecule is CCN(CC)S(=O)(=O)c1ccc(Cl)c(C(=O)NCc2ccc(-c3nc4ccccc4[nH]3)cc2)c1. The summed E-state index contributed by atoms with van der Waals surface area (Å²) in [6.45, 7) is 4.48. The molecule has 2 N–H and O–H groups in total. The van der Waals surface area contributed by atoms with Gasteiger partial charge in [0.2, 0.25) is 10.0 Å². The van der Waals surface area contributed by atoms with Crippen molar-refractivity contribution >= 4 is 38.6 Å². The Balaban J connectivity index is 1.47. The third-order valence-electron chi connectivity index (χ3n) is 5.60. The fraction of sp³-hybridized carbons (Fsp3) is 0.200. The maximum absolute atomic E-state index is 12.8. The summed E-state index contributed by atoms with van der Waals surface area (Å²) >= 11 is 6.21. The van der Waals surface area contributed by atoms with E-state index in [0.29, 0.717) is 13.1 Å². The van der Waals surface area contributed by atoms with Gasteiger partial charge in [-0.1, -0.05) is 61.8 Å². The number of H-pyrrole nitrogens is 1. The largest absolute Gasteiger partial charge is 0.348 e. The van der Waals surface area contributed by atoms with Crippen molar-refractivity contribution in [3.63, 3.8) is 0 Å². The van der Waals surface area contributed by atoms with E-state index < -0.39 is 15.9 Å². The van der Waals surface area contributed by atoms with Crippen molar-refractivity contribution in [2.75, 3.05) is 13.1 Å². The third kappa shape index (κ3) is 4.84. The molecule has 0 saturated carbocycles. The average Bonchev–Trinajstić information content (AvgIpc) is 3.28. The number of sulfonamides is 1. The molecule has 0 radical (unpaired) electrons. The molecule has 176 valence electrons. The van der Waals surface area contributed by atoms with Crippen LogP contribution >= 0.6 is 11.6 Å². The molecule has 0 bridgehead atoms. The van der Waals surface area contributed by atoms with Gasteiger partial charge in [0.15, 0.2) is 0 Å². The lowest BCUT2D eigenvalue weighted by Crippen LogP contribution is -2.31. The molecule has 0 atom stereocenters. The van der Waals surface area contributed by atoms with Crippen LogP contribution < -0.4 is 5.32 Å². The highest BCUT2D eigenvalue weighted by Crippen LogP contribution is 2.24. The van der Waals surface area contributed by atoms with Crippen molar-refractivity contribution in [3.05, 3.63) is 82.9 Å². The van der Waals surface area contributed by atoms with Crippen molar-refractivity contribution in [1.29, 1.82) is 0 Å². The summed E-state index contributed by atoms with van der Waals surface area (Å²) in [7, 11) is -3.70. The fourth-order valence-corrected chi connectivity index (χ4v) is 5.39. The second-order valence-electron chi connectivity index (χ2n) is 7.71. The number of benzene rings is 3. The summed E-state index contributed by atoms with van der Waals surface area (Å²) in [5.74, 6) is 0.331. The van der Waals surface area contributed by atoms with Gasteiger partial charge in [-0.2, -0.15) is 4.31 Å². The number of carbonyl (C=O) groups is 1. The minimum atomic E-state index is -3.70. The molecule has 1 aromatic heterocycles. The quantitative estimate of drug-likeness (QED) is 0.364. The van der Waals surface area contributed by atoms with Crippen molar-refractivity contribution in [3.8, 4) is 11.4 Å². The van der Waals surface area contributed by atoms with Gasteiger partial charge in [-0.05, 0) is 35.9 Å². The van der Waals surface area contributed by atoms with Gasteiger partial charge in [-0.25, -0.2) is 13.4 Å². The van der Waals surface area contributed by atoms with Crippen LogP contribution in [0.4, 0.5) is 0 Å². The van der Waals surface area contributed by atoms with Crippen molar-refractivity contribution in [1.82, 2.24) is 19.6 Å². The summed E-state index contributed by atoms with van der Waals surface area (Å²) < 4.78 is 27.0. The molecule has 1 amide bonds. The second-order valence-corrected chi connectivity index (χ2v) is 10.1. The number of amides is 1. The van der Waals surface area contributed by atoms with Crippen LogP contribution in [0.3, 0.4) is 0 Å². The highest BCUT2D eigenvalue weighted by atomic mass is 35.5. The Morgan fingerprint density at radius 2 is 1.74 bits per heavy atom. The van der Waals surface area contributed by atoms with Crippen molar-refractivity contribution in [2.24, 2.45) is 0 Å². The van der Waals surface area contributed by atoms with Crippen LogP contribution in [-0.2, 0) is 16.6 Å². The predicted molar refractivity (Wildman–Crippen MR) is 134 cm³/mol. The Bertz CT molecular complexity index is 1400. The molecular formula is C25H25ClN4O3S. The molecule has 0 unspecified atom stereocenters. The highest BCUT2D eigenvalue weighted by molar-refractivity contribution is 7.89. The molecule has 9 heteroatoms. The van der Waals surface area contributed by atoms with E-state index in [0.717, 1.165) is 28.0 Å². The number of fused-ring (bicyclic) bond motifs is 1. The van der Waals surface area contributed by atoms with E-state index in [1.54, 1.807) is 13.8 Å². The lowest BCUT2D eigenvalue weighted by molar-refractivity contribution is 0.0951. The first-order valence-corrected chi connectivity index (χ1v) is 12.8. The molecule has 0 spiro atoms. The Hall–Kier alpha value is -3.20. The van der Waals surface area contributed by atoms with Gasteiger partial charge >= 0.3 is 0 Å². The molecule has 34 heavy (non-hydrogen) atoms. The number of rotatable bonds is 8. The normalized spacial score (nSPS) is 11.8. The zero-order valence-electron chi connectivity index (χ0n) is 18.9. The number of nitrogens with zero attached hydrogens (tertiary/aromatic N) is 2. The number of carbonyl (C=O) groups excluding carboxylic acids is 1. The maximum Gasteiger partial charge on any atom is 0.253 e. The van der Waals surface area contributed by atoms with Crippen LogP contribution in [0.5, 0.6) is 0 Å². The van der Waals surface area contributed by atoms with Gasteiger partial charge in [0.1, 0.15) is 5.82 Å². The topological polar surface area (TPSA) is 95.2 Å². The average molecular weight is 497 g/mol. The van der Waals surface area contributed by atoms with Crippen LogP contribution in [0.1, 0.15) is 29.8 Å². The molecule has 0 aliphatic heterocycles. The smallest absolute Gasteiger partial charge is 0.253 e. The molecule has 4 aromatic rings. The molecular weight excluding hydrogens is 472 g/mol. The zero-order chi connectivity index (χ0) is 24.3. The number of aromatic amines is 1. The van der Waals surface area contributed by atoms with Crippen molar-refractivity contribution in [2.45, 2.75) is 25.3 Å². The Labute approximate surface area is 203 Å². The summed E-state index contributed by atoms with van der Waals surface area (Å²) in [4.78, 5) is 20.7. The van der Waals surface area contributed by atoms with E-state index in [9.17, 15) is 13.2 Å². The van der Waals surface area contributed by atoms with Crippen molar-refractivity contribution < 1.29 is 13.2 Å². The highest BCUT2D eigenvalue weighted by Gasteiger charge is 2.23. The molecule has 0 fully saturated rings. The van der Waals surface area contributed by atoms with Crippen LogP contribution in [-0.4, -0.2) is 41.7 Å². The summed E-state index contributed by atoms with van der Waals surface area (Å²) in [6.07, 6.45) is 0. The van der Waals surface area contributed by atoms with Crippen LogP contribution in [0.25, 0.3) is 22.4 Å². The first kappa shape index (κ1) is 23.9. The first-order chi connectivity index (χ1) is 16.3. The van der Waals surface area contributed by atoms with Gasteiger partial charge in [0.05, 0.1) is 26.5 Å². The molecule has 4 rings (SSSR count). The number of para-hydroxylation sites is 2. The minimum absolute atomic E-state index is 0.0425. The lowest BCUT2D eigenvalue weighted by atomic mass is 10.1. The Kier molecular flexibility index (Phi) is 7.02. The van der Waals surface area contributed by atoms with E-state index in [1.165, 1.54) is 22.5 Å². The zero-order valence-corrected chi connectivity index (χ0v) is 20.4. The van der Waals surface area contributed by atoms with Crippen LogP contribution in [0.15, 0.2) is 71.6 Å². The van der Waals surface area contributed by atoms with Gasteiger partial charge in [0, 0.05) is 25.2 Å². The number of imidazole rings is 1. The van der Waals surface area contributed by atoms with Gasteiger partial charge < -0.3 is 10.3 Å². The number of aromatic nitrogens is 2. The molecule has 0 aliphatic rings. The minimum Gasteiger partial charge on any atom is -0.348 e. The fourth-order valence-electron chi connectivity index (χ4n) is 3.70. The van der Waals surface area contributed by atoms with E-state index >= 15 is 0 Å². The number of halogens is 1. The molecule has 0 saturated heterocycles. The maximum atomic E-state index is 12.8. The Morgan fingerprint density at radius 3 is 2.41 bits per heavy atom. The van der Waals surface area contributed by atoms with E-state index in [-0.39, 0.29) is 22.0 Å². The van der Waals surface area contributed by atoms with Gasteiger partial charge in [-0.15, -0.1) is 0 Å². The molecule has 7 nitrogen and oxygen atoms in total. The summed E-state index contributed by atoms with van der Waals surface area (Å²) in [6, 6.07) is 19.7. The lowest BCUT2D eigenvalue weighted by Gasteiger charge is -2.19.